The van der Waals surface area contributed by atoms with Crippen LogP contribution >= 0.6 is 0 Å². The number of anilines is 1. The van der Waals surface area contributed by atoms with E-state index in [1.54, 1.807) is 17.9 Å². The van der Waals surface area contributed by atoms with Crippen molar-refractivity contribution in [2.75, 3.05) is 58.2 Å². The Labute approximate surface area is 305 Å². The van der Waals surface area contributed by atoms with Gasteiger partial charge in [-0.05, 0) is 81.0 Å². The van der Waals surface area contributed by atoms with Gasteiger partial charge in [-0.3, -0.25) is 4.79 Å². The Balaban J connectivity index is 0.000000210. The third kappa shape index (κ3) is 9.97. The molecule has 0 spiro atoms. The first-order valence-corrected chi connectivity index (χ1v) is 18.7. The summed E-state index contributed by atoms with van der Waals surface area (Å²) in [5, 5.41) is 13.4. The molecule has 3 saturated heterocycles. The van der Waals surface area contributed by atoms with Gasteiger partial charge in [0.25, 0.3) is 0 Å². The highest BCUT2D eigenvalue weighted by Crippen LogP contribution is 2.31. The van der Waals surface area contributed by atoms with Crippen molar-refractivity contribution < 1.29 is 37.4 Å². The summed E-state index contributed by atoms with van der Waals surface area (Å²) in [7, 11) is 1.40. The Kier molecular flexibility index (Phi) is 13.1. The Morgan fingerprint density at radius 2 is 1.56 bits per heavy atom. The number of benzene rings is 2. The van der Waals surface area contributed by atoms with Gasteiger partial charge in [-0.2, -0.15) is 13.2 Å². The lowest BCUT2D eigenvalue weighted by molar-refractivity contribution is -0.137. The monoisotopic (exact) mass is 729 g/mol. The van der Waals surface area contributed by atoms with Crippen LogP contribution in [-0.4, -0.2) is 113 Å². The second-order valence-corrected chi connectivity index (χ2v) is 14.7. The number of aliphatic hydroxyl groups is 1. The lowest BCUT2D eigenvalue weighted by Crippen LogP contribution is -2.52. The summed E-state index contributed by atoms with van der Waals surface area (Å²) in [5.74, 6) is -0.329. The van der Waals surface area contributed by atoms with E-state index in [1.807, 2.05) is 34.9 Å². The molecule has 3 fully saturated rings. The van der Waals surface area contributed by atoms with Gasteiger partial charge in [0, 0.05) is 69.5 Å². The van der Waals surface area contributed by atoms with Crippen LogP contribution in [0.3, 0.4) is 0 Å². The fraction of sp³-hybridized carbons (Fsp3) is 0.615. The number of likely N-dealkylation sites (tertiary alicyclic amines) is 3. The molecule has 4 aliphatic heterocycles. The van der Waals surface area contributed by atoms with Crippen LogP contribution in [0.4, 0.5) is 28.4 Å². The normalized spacial score (nSPS) is 20.9. The lowest BCUT2D eigenvalue weighted by Gasteiger charge is -2.44. The van der Waals surface area contributed by atoms with Crippen LogP contribution in [0.25, 0.3) is 0 Å². The summed E-state index contributed by atoms with van der Waals surface area (Å²) in [5.41, 5.74) is 1.42. The van der Waals surface area contributed by atoms with Gasteiger partial charge >= 0.3 is 18.3 Å². The molecule has 0 aliphatic carbocycles. The average Bonchev–Trinajstić information content (AvgIpc) is 3.32. The minimum Gasteiger partial charge on any atom is -0.453 e. The molecule has 0 bridgehead atoms. The SMILES string of the molecule is CCC1(O)CCN(C2CCN(C(=O)[C@H](C)Cc3cccc(C(F)(F)F)c3)CC2)CC1.COC(=O)N1CCC(N2CCc3ccccc3NC2=O)CC1. The largest absolute Gasteiger partial charge is 0.453 e. The maximum Gasteiger partial charge on any atom is 0.416 e. The van der Waals surface area contributed by atoms with Gasteiger partial charge in [0.05, 0.1) is 18.3 Å². The van der Waals surface area contributed by atoms with E-state index in [1.165, 1.54) is 18.7 Å². The molecule has 0 radical (unpaired) electrons. The summed E-state index contributed by atoms with van der Waals surface area (Å²) >= 11 is 0. The molecule has 2 N–H and O–H groups in total. The highest BCUT2D eigenvalue weighted by molar-refractivity contribution is 5.91. The summed E-state index contributed by atoms with van der Waals surface area (Å²) in [4.78, 5) is 44.7. The molecule has 4 heterocycles. The fourth-order valence-electron chi connectivity index (χ4n) is 7.96. The van der Waals surface area contributed by atoms with Crippen molar-refractivity contribution >= 4 is 23.7 Å². The number of halogens is 3. The van der Waals surface area contributed by atoms with Crippen LogP contribution in [0, 0.1) is 5.92 Å². The molecule has 10 nitrogen and oxygen atoms in total. The van der Waals surface area contributed by atoms with Gasteiger partial charge in [0.1, 0.15) is 0 Å². The molecule has 13 heteroatoms. The number of amides is 4. The number of alkyl halides is 3. The molecular formula is C39H54F3N5O5. The van der Waals surface area contributed by atoms with E-state index in [0.29, 0.717) is 50.7 Å². The quantitative estimate of drug-likeness (QED) is 0.356. The van der Waals surface area contributed by atoms with Gasteiger partial charge in [-0.15, -0.1) is 0 Å². The Hall–Kier alpha value is -3.84. The predicted octanol–water partition coefficient (Wildman–Crippen LogP) is 6.42. The minimum absolute atomic E-state index is 0.0184. The number of carbonyl (C=O) groups is 3. The molecule has 0 unspecified atom stereocenters. The summed E-state index contributed by atoms with van der Waals surface area (Å²) < 4.78 is 43.5. The molecule has 4 aliphatic rings. The van der Waals surface area contributed by atoms with Crippen LogP contribution in [0.15, 0.2) is 48.5 Å². The van der Waals surface area contributed by atoms with Crippen LogP contribution in [0.1, 0.15) is 75.5 Å². The van der Waals surface area contributed by atoms with E-state index in [0.717, 1.165) is 82.3 Å². The predicted molar refractivity (Wildman–Crippen MR) is 193 cm³/mol. The van der Waals surface area contributed by atoms with Gasteiger partial charge < -0.3 is 34.8 Å². The number of nitrogens with zero attached hydrogens (tertiary/aromatic N) is 4. The number of methoxy groups -OCH3 is 1. The summed E-state index contributed by atoms with van der Waals surface area (Å²) in [6, 6.07) is 13.8. The second kappa shape index (κ2) is 17.3. The number of piperidine rings is 3. The maximum atomic E-state index is 12.9. The van der Waals surface area contributed by atoms with Crippen molar-refractivity contribution in [2.24, 2.45) is 5.92 Å². The zero-order valence-electron chi connectivity index (χ0n) is 30.7. The fourth-order valence-corrected chi connectivity index (χ4v) is 7.96. The molecule has 1 atom stereocenters. The van der Waals surface area contributed by atoms with Crippen LogP contribution in [0.2, 0.25) is 0 Å². The van der Waals surface area contributed by atoms with E-state index in [-0.39, 0.29) is 30.0 Å². The van der Waals surface area contributed by atoms with E-state index in [9.17, 15) is 32.7 Å². The zero-order chi connectivity index (χ0) is 37.5. The van der Waals surface area contributed by atoms with Crippen LogP contribution in [0.5, 0.6) is 0 Å². The van der Waals surface area contributed by atoms with Crippen molar-refractivity contribution in [1.82, 2.24) is 19.6 Å². The number of hydrogen-bond donors (Lipinski definition) is 2. The standard InChI is InChI=1S/C23H33F3N2O2.C16H21N3O3/c1-3-22(30)9-13-27(14-10-22)20-7-11-28(12-8-20)21(29)17(2)15-18-5-4-6-19(16-18)23(24,25)26;1-22-16(21)18-9-7-13(8-10-18)19-11-6-12-4-2-3-5-14(12)17-15(19)20/h4-6,16-17,20,30H,3,7-15H2,1-2H3;2-5,13H,6-11H2,1H3,(H,17,20)/t17-;/m1./s1. The van der Waals surface area contributed by atoms with Crippen molar-refractivity contribution in [2.45, 2.75) is 95.5 Å². The van der Waals surface area contributed by atoms with Gasteiger partial charge in [0.15, 0.2) is 0 Å². The van der Waals surface area contributed by atoms with Crippen LogP contribution in [-0.2, 0) is 28.5 Å². The number of carbonyl (C=O) groups excluding carboxylic acids is 3. The maximum absolute atomic E-state index is 12.9. The topological polar surface area (TPSA) is 106 Å². The number of rotatable bonds is 6. The highest BCUT2D eigenvalue weighted by Gasteiger charge is 2.36. The molecule has 52 heavy (non-hydrogen) atoms. The number of ether oxygens (including phenoxy) is 1. The first-order chi connectivity index (χ1) is 24.8. The molecule has 6 rings (SSSR count). The lowest BCUT2D eigenvalue weighted by atomic mass is 9.87. The number of hydrogen-bond acceptors (Lipinski definition) is 6. The first kappa shape index (κ1) is 39.4. The molecule has 2 aromatic carbocycles. The Morgan fingerprint density at radius 1 is 0.923 bits per heavy atom. The van der Waals surface area contributed by atoms with E-state index in [4.69, 9.17) is 4.74 Å². The van der Waals surface area contributed by atoms with E-state index in [2.05, 4.69) is 16.3 Å². The number of urea groups is 1. The van der Waals surface area contributed by atoms with Gasteiger partial charge in [-0.1, -0.05) is 50.2 Å². The van der Waals surface area contributed by atoms with Crippen LogP contribution < -0.4 is 5.32 Å². The number of nitrogens with one attached hydrogen (secondary N) is 1. The summed E-state index contributed by atoms with van der Waals surface area (Å²) in [6.07, 6.45) is 2.30. The molecular weight excluding hydrogens is 675 g/mol. The Bertz CT molecular complexity index is 1520. The molecule has 286 valence electrons. The molecule has 4 amide bonds. The van der Waals surface area contributed by atoms with Crippen molar-refractivity contribution in [3.63, 3.8) is 0 Å². The van der Waals surface area contributed by atoms with Crippen molar-refractivity contribution in [3.8, 4) is 0 Å². The Morgan fingerprint density at radius 3 is 2.19 bits per heavy atom. The van der Waals surface area contributed by atoms with Crippen molar-refractivity contribution in [3.05, 3.63) is 65.2 Å². The molecule has 2 aromatic rings. The smallest absolute Gasteiger partial charge is 0.416 e. The van der Waals surface area contributed by atoms with E-state index >= 15 is 0 Å². The average molecular weight is 730 g/mol. The van der Waals surface area contributed by atoms with E-state index < -0.39 is 17.3 Å². The summed E-state index contributed by atoms with van der Waals surface area (Å²) in [6.45, 7) is 8.97. The number of para-hydroxylation sites is 1. The van der Waals surface area contributed by atoms with Gasteiger partial charge in [-0.25, -0.2) is 9.59 Å². The molecule has 0 saturated carbocycles. The zero-order valence-corrected chi connectivity index (χ0v) is 30.7. The van der Waals surface area contributed by atoms with Crippen molar-refractivity contribution in [1.29, 1.82) is 0 Å². The minimum atomic E-state index is -4.37. The third-order valence-corrected chi connectivity index (χ3v) is 11.4. The highest BCUT2D eigenvalue weighted by atomic mass is 19.4. The first-order valence-electron chi connectivity index (χ1n) is 18.7. The molecule has 0 aromatic heterocycles. The van der Waals surface area contributed by atoms with Gasteiger partial charge in [0.2, 0.25) is 5.91 Å². The number of fused-ring (bicyclic) bond motifs is 1. The third-order valence-electron chi connectivity index (χ3n) is 11.4. The second-order valence-electron chi connectivity index (χ2n) is 14.7.